The van der Waals surface area contributed by atoms with Crippen molar-refractivity contribution >= 4 is 15.7 Å². The number of nitrogens with one attached hydrogen (secondary N) is 1. The van der Waals surface area contributed by atoms with E-state index in [0.29, 0.717) is 12.1 Å². The zero-order valence-electron chi connectivity index (χ0n) is 14.0. The van der Waals surface area contributed by atoms with Crippen LogP contribution in [-0.4, -0.2) is 36.2 Å². The minimum atomic E-state index is -3.34. The van der Waals surface area contributed by atoms with Gasteiger partial charge in [-0.1, -0.05) is 6.07 Å². The Morgan fingerprint density at radius 3 is 2.79 bits per heavy atom. The van der Waals surface area contributed by atoms with Crippen LogP contribution in [0.5, 0.6) is 0 Å². The standard InChI is InChI=1S/C17H21N3O3S/c1-11-4-6-14(24(3,22)23)8-15(11)17(21)19-13-5-7-16-18-12(2)9-20(16)10-13/h4,6,8-9,13H,5,7,10H2,1-3H3,(H,19,21)/t13-/m0/s1. The second-order valence-electron chi connectivity index (χ2n) is 6.41. The number of carbonyl (C=O) groups excluding carboxylic acids is 1. The van der Waals surface area contributed by atoms with E-state index in [1.165, 1.54) is 12.1 Å². The maximum Gasteiger partial charge on any atom is 0.251 e. The van der Waals surface area contributed by atoms with Gasteiger partial charge < -0.3 is 9.88 Å². The Morgan fingerprint density at radius 2 is 2.08 bits per heavy atom. The van der Waals surface area contributed by atoms with Crippen LogP contribution < -0.4 is 5.32 Å². The Hall–Kier alpha value is -2.15. The van der Waals surface area contributed by atoms with E-state index in [4.69, 9.17) is 0 Å². The lowest BCUT2D eigenvalue weighted by atomic mass is 10.0. The van der Waals surface area contributed by atoms with E-state index in [0.717, 1.165) is 36.2 Å². The minimum absolute atomic E-state index is 0.0138. The van der Waals surface area contributed by atoms with Crippen LogP contribution in [0.4, 0.5) is 0 Å². The first-order valence-corrected chi connectivity index (χ1v) is 9.77. The Balaban J connectivity index is 1.78. The van der Waals surface area contributed by atoms with Crippen LogP contribution in [0.15, 0.2) is 29.3 Å². The molecule has 1 aromatic heterocycles. The molecule has 128 valence electrons. The number of hydrogen-bond acceptors (Lipinski definition) is 4. The zero-order valence-corrected chi connectivity index (χ0v) is 14.9. The number of aryl methyl sites for hydroxylation is 3. The first-order chi connectivity index (χ1) is 11.2. The highest BCUT2D eigenvalue weighted by Gasteiger charge is 2.23. The van der Waals surface area contributed by atoms with Crippen LogP contribution in [0.25, 0.3) is 0 Å². The monoisotopic (exact) mass is 347 g/mol. The van der Waals surface area contributed by atoms with Gasteiger partial charge in [0.2, 0.25) is 0 Å². The highest BCUT2D eigenvalue weighted by molar-refractivity contribution is 7.90. The summed E-state index contributed by atoms with van der Waals surface area (Å²) in [5, 5.41) is 3.02. The molecule has 7 heteroatoms. The predicted octanol–water partition coefficient (Wildman–Crippen LogP) is 1.65. The number of amides is 1. The lowest BCUT2D eigenvalue weighted by molar-refractivity contribution is 0.0926. The molecular weight excluding hydrogens is 326 g/mol. The van der Waals surface area contributed by atoms with E-state index >= 15 is 0 Å². The summed E-state index contributed by atoms with van der Waals surface area (Å²) in [5.74, 6) is 0.816. The van der Waals surface area contributed by atoms with Crippen LogP contribution in [0.2, 0.25) is 0 Å². The number of aromatic nitrogens is 2. The maximum atomic E-state index is 12.6. The lowest BCUT2D eigenvalue weighted by Crippen LogP contribution is -2.41. The molecule has 0 saturated carbocycles. The van der Waals surface area contributed by atoms with Crippen molar-refractivity contribution in [1.29, 1.82) is 0 Å². The van der Waals surface area contributed by atoms with Crippen molar-refractivity contribution < 1.29 is 13.2 Å². The molecule has 1 amide bonds. The fourth-order valence-electron chi connectivity index (χ4n) is 3.04. The van der Waals surface area contributed by atoms with Gasteiger partial charge in [-0.2, -0.15) is 0 Å². The summed E-state index contributed by atoms with van der Waals surface area (Å²) in [7, 11) is -3.34. The largest absolute Gasteiger partial charge is 0.347 e. The van der Waals surface area contributed by atoms with Crippen molar-refractivity contribution in [2.45, 2.75) is 44.2 Å². The number of fused-ring (bicyclic) bond motifs is 1. The summed E-state index contributed by atoms with van der Waals surface area (Å²) in [5.41, 5.74) is 2.15. The Kier molecular flexibility index (Phi) is 4.21. The smallest absolute Gasteiger partial charge is 0.251 e. The van der Waals surface area contributed by atoms with E-state index in [2.05, 4.69) is 14.9 Å². The zero-order chi connectivity index (χ0) is 17.5. The average molecular weight is 347 g/mol. The third-order valence-corrected chi connectivity index (χ3v) is 5.44. The Labute approximate surface area is 141 Å². The van der Waals surface area contributed by atoms with E-state index in [1.807, 2.05) is 13.1 Å². The number of hydrogen-bond donors (Lipinski definition) is 1. The third kappa shape index (κ3) is 3.36. The van der Waals surface area contributed by atoms with Gasteiger partial charge in [0.1, 0.15) is 5.82 Å². The molecule has 1 aliphatic rings. The number of rotatable bonds is 3. The maximum absolute atomic E-state index is 12.6. The summed E-state index contributed by atoms with van der Waals surface area (Å²) in [6.45, 7) is 4.45. The summed E-state index contributed by atoms with van der Waals surface area (Å²) >= 11 is 0. The van der Waals surface area contributed by atoms with Gasteiger partial charge in [-0.3, -0.25) is 4.79 Å². The molecule has 1 aromatic carbocycles. The molecule has 0 radical (unpaired) electrons. The quantitative estimate of drug-likeness (QED) is 0.915. The van der Waals surface area contributed by atoms with Crippen LogP contribution in [-0.2, 0) is 22.8 Å². The average Bonchev–Trinajstić information content (AvgIpc) is 2.85. The molecule has 0 saturated heterocycles. The number of sulfone groups is 1. The number of benzene rings is 1. The molecule has 0 bridgehead atoms. The SMILES string of the molecule is Cc1cn2c(n1)CC[C@H](NC(=O)c1cc(S(C)(=O)=O)ccc1C)C2. The first-order valence-electron chi connectivity index (χ1n) is 7.88. The molecule has 1 N–H and O–H groups in total. The van der Waals surface area contributed by atoms with Crippen molar-refractivity contribution in [3.63, 3.8) is 0 Å². The van der Waals surface area contributed by atoms with Gasteiger partial charge in [-0.25, -0.2) is 13.4 Å². The molecule has 6 nitrogen and oxygen atoms in total. The number of carbonyl (C=O) groups is 1. The summed E-state index contributed by atoms with van der Waals surface area (Å²) in [6.07, 6.45) is 4.78. The Morgan fingerprint density at radius 1 is 1.33 bits per heavy atom. The summed E-state index contributed by atoms with van der Waals surface area (Å²) < 4.78 is 25.5. The van der Waals surface area contributed by atoms with Crippen molar-refractivity contribution in [3.8, 4) is 0 Å². The Bertz CT molecular complexity index is 900. The molecule has 0 spiro atoms. The number of imidazole rings is 1. The van der Waals surface area contributed by atoms with E-state index in [-0.39, 0.29) is 16.8 Å². The molecule has 2 heterocycles. The summed E-state index contributed by atoms with van der Waals surface area (Å²) in [6, 6.07) is 4.67. The van der Waals surface area contributed by atoms with Gasteiger partial charge in [0, 0.05) is 37.0 Å². The molecule has 2 aromatic rings. The topological polar surface area (TPSA) is 81.1 Å². The predicted molar refractivity (Wildman–Crippen MR) is 90.8 cm³/mol. The van der Waals surface area contributed by atoms with E-state index < -0.39 is 9.84 Å². The lowest BCUT2D eigenvalue weighted by Gasteiger charge is -2.25. The van der Waals surface area contributed by atoms with Gasteiger partial charge in [0.15, 0.2) is 9.84 Å². The van der Waals surface area contributed by atoms with Gasteiger partial charge in [0.25, 0.3) is 5.91 Å². The molecular formula is C17H21N3O3S. The normalized spacial score (nSPS) is 17.4. The second-order valence-corrected chi connectivity index (χ2v) is 8.42. The minimum Gasteiger partial charge on any atom is -0.347 e. The van der Waals surface area contributed by atoms with E-state index in [1.54, 1.807) is 13.0 Å². The first kappa shape index (κ1) is 16.7. The van der Waals surface area contributed by atoms with E-state index in [9.17, 15) is 13.2 Å². The van der Waals surface area contributed by atoms with Crippen LogP contribution in [0.3, 0.4) is 0 Å². The van der Waals surface area contributed by atoms with Crippen LogP contribution >= 0.6 is 0 Å². The summed E-state index contributed by atoms with van der Waals surface area (Å²) in [4.78, 5) is 17.2. The molecule has 0 unspecified atom stereocenters. The van der Waals surface area contributed by atoms with Crippen LogP contribution in [0, 0.1) is 13.8 Å². The fraction of sp³-hybridized carbons (Fsp3) is 0.412. The molecule has 0 fully saturated rings. The third-order valence-electron chi connectivity index (χ3n) is 4.33. The van der Waals surface area contributed by atoms with Crippen molar-refractivity contribution in [2.75, 3.05) is 6.26 Å². The van der Waals surface area contributed by atoms with Gasteiger partial charge >= 0.3 is 0 Å². The highest BCUT2D eigenvalue weighted by atomic mass is 32.2. The van der Waals surface area contributed by atoms with Gasteiger partial charge in [-0.05, 0) is 38.0 Å². The highest BCUT2D eigenvalue weighted by Crippen LogP contribution is 2.18. The van der Waals surface area contributed by atoms with Gasteiger partial charge in [-0.15, -0.1) is 0 Å². The van der Waals surface area contributed by atoms with Gasteiger partial charge in [0.05, 0.1) is 10.6 Å². The van der Waals surface area contributed by atoms with Crippen molar-refractivity contribution in [2.24, 2.45) is 0 Å². The number of nitrogens with zero attached hydrogens (tertiary/aromatic N) is 2. The molecule has 1 aliphatic heterocycles. The molecule has 1 atom stereocenters. The second kappa shape index (κ2) is 6.05. The van der Waals surface area contributed by atoms with Crippen molar-refractivity contribution in [1.82, 2.24) is 14.9 Å². The fourth-order valence-corrected chi connectivity index (χ4v) is 3.69. The van der Waals surface area contributed by atoms with Crippen molar-refractivity contribution in [3.05, 3.63) is 47.0 Å². The molecule has 3 rings (SSSR count). The van der Waals surface area contributed by atoms with Crippen LogP contribution in [0.1, 0.15) is 33.9 Å². The molecule has 24 heavy (non-hydrogen) atoms. The molecule has 0 aliphatic carbocycles.